The van der Waals surface area contributed by atoms with E-state index in [2.05, 4.69) is 10.6 Å². The van der Waals surface area contributed by atoms with Gasteiger partial charge in [-0.3, -0.25) is 4.79 Å². The van der Waals surface area contributed by atoms with Crippen LogP contribution in [0.3, 0.4) is 0 Å². The van der Waals surface area contributed by atoms with E-state index in [9.17, 15) is 4.79 Å². The van der Waals surface area contributed by atoms with E-state index in [0.717, 1.165) is 18.4 Å². The molecule has 4 heteroatoms. The van der Waals surface area contributed by atoms with Gasteiger partial charge >= 0.3 is 0 Å². The number of methoxy groups -OCH3 is 1. The van der Waals surface area contributed by atoms with Gasteiger partial charge in [0.2, 0.25) is 5.91 Å². The predicted octanol–water partition coefficient (Wildman–Crippen LogP) is 1.07. The summed E-state index contributed by atoms with van der Waals surface area (Å²) in [6, 6.07) is 10.3. The van der Waals surface area contributed by atoms with Crippen molar-refractivity contribution in [3.05, 3.63) is 35.9 Å². The molecule has 0 saturated heterocycles. The number of hydrogen-bond donors (Lipinski definition) is 2. The van der Waals surface area contributed by atoms with Gasteiger partial charge < -0.3 is 15.4 Å². The van der Waals surface area contributed by atoms with E-state index in [1.54, 1.807) is 7.11 Å². The molecule has 1 aliphatic carbocycles. The van der Waals surface area contributed by atoms with Gasteiger partial charge in [0, 0.05) is 19.7 Å². The molecule has 0 aromatic heterocycles. The number of amides is 1. The Labute approximate surface area is 108 Å². The monoisotopic (exact) mass is 248 g/mol. The SMILES string of the molecule is COC1CC(NCC(=O)NCc2ccccc2)C1. The number of benzene rings is 1. The molecular weight excluding hydrogens is 228 g/mol. The molecule has 1 saturated carbocycles. The third kappa shape index (κ3) is 3.82. The predicted molar refractivity (Wildman–Crippen MR) is 70.1 cm³/mol. The van der Waals surface area contributed by atoms with Gasteiger partial charge in [-0.15, -0.1) is 0 Å². The van der Waals surface area contributed by atoms with Crippen molar-refractivity contribution in [1.82, 2.24) is 10.6 Å². The Morgan fingerprint density at radius 1 is 1.33 bits per heavy atom. The van der Waals surface area contributed by atoms with Crippen LogP contribution in [0.25, 0.3) is 0 Å². The summed E-state index contributed by atoms with van der Waals surface area (Å²) in [5.74, 6) is 0.0414. The van der Waals surface area contributed by atoms with Crippen LogP contribution in [-0.2, 0) is 16.1 Å². The minimum Gasteiger partial charge on any atom is -0.381 e. The van der Waals surface area contributed by atoms with E-state index in [0.29, 0.717) is 25.2 Å². The maximum atomic E-state index is 11.6. The van der Waals surface area contributed by atoms with Crippen LogP contribution in [0.2, 0.25) is 0 Å². The molecule has 0 bridgehead atoms. The van der Waals surface area contributed by atoms with Gasteiger partial charge in [0.25, 0.3) is 0 Å². The Bertz CT molecular complexity index is 375. The van der Waals surface area contributed by atoms with Crippen molar-refractivity contribution in [3.8, 4) is 0 Å². The molecule has 4 nitrogen and oxygen atoms in total. The lowest BCUT2D eigenvalue weighted by atomic mass is 9.89. The Morgan fingerprint density at radius 3 is 2.72 bits per heavy atom. The van der Waals surface area contributed by atoms with Gasteiger partial charge in [0.05, 0.1) is 12.6 Å². The van der Waals surface area contributed by atoms with Gasteiger partial charge in [-0.2, -0.15) is 0 Å². The molecule has 0 aliphatic heterocycles. The quantitative estimate of drug-likeness (QED) is 0.792. The molecule has 98 valence electrons. The fraction of sp³-hybridized carbons (Fsp3) is 0.500. The number of nitrogens with one attached hydrogen (secondary N) is 2. The highest BCUT2D eigenvalue weighted by atomic mass is 16.5. The van der Waals surface area contributed by atoms with Gasteiger partial charge in [0.1, 0.15) is 0 Å². The number of carbonyl (C=O) groups excluding carboxylic acids is 1. The van der Waals surface area contributed by atoms with Crippen LogP contribution in [0.4, 0.5) is 0 Å². The van der Waals surface area contributed by atoms with Crippen molar-refractivity contribution in [1.29, 1.82) is 0 Å². The van der Waals surface area contributed by atoms with E-state index < -0.39 is 0 Å². The molecule has 1 amide bonds. The molecule has 1 aromatic carbocycles. The summed E-state index contributed by atoms with van der Waals surface area (Å²) >= 11 is 0. The molecule has 0 radical (unpaired) electrons. The topological polar surface area (TPSA) is 50.4 Å². The first-order valence-corrected chi connectivity index (χ1v) is 6.34. The summed E-state index contributed by atoms with van der Waals surface area (Å²) in [5.41, 5.74) is 1.12. The van der Waals surface area contributed by atoms with Crippen LogP contribution in [0, 0.1) is 0 Å². The van der Waals surface area contributed by atoms with Crippen molar-refractivity contribution in [2.45, 2.75) is 31.5 Å². The minimum atomic E-state index is 0.0414. The van der Waals surface area contributed by atoms with Crippen molar-refractivity contribution in [3.63, 3.8) is 0 Å². The lowest BCUT2D eigenvalue weighted by Gasteiger charge is -2.34. The zero-order valence-electron chi connectivity index (χ0n) is 10.7. The molecule has 2 N–H and O–H groups in total. The van der Waals surface area contributed by atoms with Gasteiger partial charge in [-0.05, 0) is 18.4 Å². The van der Waals surface area contributed by atoms with Gasteiger partial charge in [-0.1, -0.05) is 30.3 Å². The Balaban J connectivity index is 1.59. The van der Waals surface area contributed by atoms with Gasteiger partial charge in [0.15, 0.2) is 0 Å². The highest BCUT2D eigenvalue weighted by Gasteiger charge is 2.28. The summed E-state index contributed by atoms with van der Waals surface area (Å²) in [7, 11) is 1.73. The lowest BCUT2D eigenvalue weighted by Crippen LogP contribution is -2.48. The molecule has 0 spiro atoms. The van der Waals surface area contributed by atoms with Crippen LogP contribution in [0.15, 0.2) is 30.3 Å². The maximum Gasteiger partial charge on any atom is 0.234 e. The van der Waals surface area contributed by atoms with Crippen LogP contribution in [0.5, 0.6) is 0 Å². The second-order valence-electron chi connectivity index (χ2n) is 4.67. The first-order valence-electron chi connectivity index (χ1n) is 6.34. The molecule has 0 atom stereocenters. The van der Waals surface area contributed by atoms with Crippen molar-refractivity contribution in [2.75, 3.05) is 13.7 Å². The maximum absolute atomic E-state index is 11.6. The van der Waals surface area contributed by atoms with Crippen molar-refractivity contribution in [2.24, 2.45) is 0 Å². The highest BCUT2D eigenvalue weighted by Crippen LogP contribution is 2.21. The van der Waals surface area contributed by atoms with Crippen molar-refractivity contribution >= 4 is 5.91 Å². The molecule has 1 aromatic rings. The highest BCUT2D eigenvalue weighted by molar-refractivity contribution is 5.78. The molecule has 1 fully saturated rings. The summed E-state index contributed by atoms with van der Waals surface area (Å²) in [4.78, 5) is 11.6. The van der Waals surface area contributed by atoms with Crippen molar-refractivity contribution < 1.29 is 9.53 Å². The summed E-state index contributed by atoms with van der Waals surface area (Å²) in [6.07, 6.45) is 2.38. The Hall–Kier alpha value is -1.39. The standard InChI is InChI=1S/C14H20N2O2/c1-18-13-7-12(8-13)15-10-14(17)16-9-11-5-3-2-4-6-11/h2-6,12-13,15H,7-10H2,1H3,(H,16,17). The number of carbonyl (C=O) groups is 1. The third-order valence-corrected chi connectivity index (χ3v) is 3.31. The largest absolute Gasteiger partial charge is 0.381 e. The summed E-state index contributed by atoms with van der Waals surface area (Å²) < 4.78 is 5.19. The second-order valence-corrected chi connectivity index (χ2v) is 4.67. The van der Waals surface area contributed by atoms with Crippen LogP contribution in [0.1, 0.15) is 18.4 Å². The van der Waals surface area contributed by atoms with E-state index in [-0.39, 0.29) is 5.91 Å². The molecule has 2 rings (SSSR count). The summed E-state index contributed by atoms with van der Waals surface area (Å²) in [5, 5.41) is 6.12. The first-order chi connectivity index (χ1) is 8.78. The van der Waals surface area contributed by atoms with Crippen LogP contribution < -0.4 is 10.6 Å². The average Bonchev–Trinajstić information content (AvgIpc) is 2.36. The van der Waals surface area contributed by atoms with E-state index in [1.165, 1.54) is 0 Å². The zero-order chi connectivity index (χ0) is 12.8. The van der Waals surface area contributed by atoms with E-state index in [1.807, 2.05) is 30.3 Å². The van der Waals surface area contributed by atoms with Gasteiger partial charge in [-0.25, -0.2) is 0 Å². The smallest absolute Gasteiger partial charge is 0.234 e. The summed E-state index contributed by atoms with van der Waals surface area (Å²) in [6.45, 7) is 0.973. The Kier molecular flexibility index (Phi) is 4.73. The zero-order valence-corrected chi connectivity index (χ0v) is 10.7. The Morgan fingerprint density at radius 2 is 2.06 bits per heavy atom. The van der Waals surface area contributed by atoms with E-state index >= 15 is 0 Å². The first kappa shape index (κ1) is 13.1. The van der Waals surface area contributed by atoms with Crippen LogP contribution >= 0.6 is 0 Å². The molecule has 18 heavy (non-hydrogen) atoms. The van der Waals surface area contributed by atoms with E-state index in [4.69, 9.17) is 4.74 Å². The van der Waals surface area contributed by atoms with Crippen LogP contribution in [-0.4, -0.2) is 31.7 Å². The molecule has 0 heterocycles. The number of rotatable bonds is 6. The molecule has 0 unspecified atom stereocenters. The lowest BCUT2D eigenvalue weighted by molar-refractivity contribution is -0.120. The minimum absolute atomic E-state index is 0.0414. The fourth-order valence-electron chi connectivity index (χ4n) is 2.02. The number of ether oxygens (including phenoxy) is 1. The second kappa shape index (κ2) is 6.52. The molecule has 1 aliphatic rings. The number of hydrogen-bond acceptors (Lipinski definition) is 3. The average molecular weight is 248 g/mol. The third-order valence-electron chi connectivity index (χ3n) is 3.31. The fourth-order valence-corrected chi connectivity index (χ4v) is 2.02. The normalized spacial score (nSPS) is 22.3. The molecular formula is C14H20N2O2.